The molecule has 0 saturated carbocycles. The molecule has 5 aromatic rings. The fourth-order valence-electron chi connectivity index (χ4n) is 3.44. The zero-order valence-electron chi connectivity index (χ0n) is 29.5. The SMILES string of the molecule is CC.CC.CC.CC.CC.CC.CCCCC.c1ccc2c(c1)ccc1ccccc12.c1ccc2ccccc2c1. The Morgan fingerprint density at radius 2 is 0.512 bits per heavy atom. The van der Waals surface area contributed by atoms with Crippen LogP contribution in [-0.2, 0) is 0 Å². The van der Waals surface area contributed by atoms with Crippen molar-refractivity contribution in [3.8, 4) is 0 Å². The van der Waals surface area contributed by atoms with Crippen molar-refractivity contribution in [3.63, 3.8) is 0 Å². The zero-order valence-corrected chi connectivity index (χ0v) is 29.5. The topological polar surface area (TPSA) is 0 Å². The molecule has 0 atom stereocenters. The van der Waals surface area contributed by atoms with Crippen LogP contribution in [0.2, 0.25) is 0 Å². The number of benzene rings is 5. The van der Waals surface area contributed by atoms with E-state index in [0.717, 1.165) is 0 Å². The third-order valence-corrected chi connectivity index (χ3v) is 5.02. The first-order valence-electron chi connectivity index (χ1n) is 16.6. The summed E-state index contributed by atoms with van der Waals surface area (Å²) >= 11 is 0. The zero-order chi connectivity index (χ0) is 32.3. The average molecular weight is 559 g/mol. The number of hydrogen-bond acceptors (Lipinski definition) is 0. The molecule has 0 heteroatoms. The number of hydrogen-bond donors (Lipinski definition) is 0. The average Bonchev–Trinajstić information content (AvgIpc) is 3.11. The molecule has 0 spiro atoms. The molecule has 0 nitrogen and oxygen atoms in total. The van der Waals surface area contributed by atoms with Gasteiger partial charge < -0.3 is 0 Å². The fraction of sp³-hybridized carbons (Fsp3) is 0.415. The molecule has 0 bridgehead atoms. The van der Waals surface area contributed by atoms with Crippen LogP contribution in [0.4, 0.5) is 0 Å². The van der Waals surface area contributed by atoms with Crippen molar-refractivity contribution in [2.45, 2.75) is 116 Å². The van der Waals surface area contributed by atoms with E-state index in [9.17, 15) is 0 Å². The molecule has 41 heavy (non-hydrogen) atoms. The van der Waals surface area contributed by atoms with Gasteiger partial charge in [-0.25, -0.2) is 0 Å². The van der Waals surface area contributed by atoms with Gasteiger partial charge >= 0.3 is 0 Å². The summed E-state index contributed by atoms with van der Waals surface area (Å²) < 4.78 is 0. The Kier molecular flexibility index (Phi) is 40.4. The molecule has 0 fully saturated rings. The molecule has 0 saturated heterocycles. The van der Waals surface area contributed by atoms with Crippen LogP contribution in [0.1, 0.15) is 116 Å². The number of rotatable bonds is 2. The minimum Gasteiger partial charge on any atom is -0.0683 e. The summed E-state index contributed by atoms with van der Waals surface area (Å²) in [6.07, 6.45) is 4.08. The molecule has 0 aromatic heterocycles. The van der Waals surface area contributed by atoms with E-state index >= 15 is 0 Å². The summed E-state index contributed by atoms with van der Waals surface area (Å²) in [6, 6.07) is 38.1. The Balaban J connectivity index is -0.000000224. The first kappa shape index (κ1) is 44.9. The van der Waals surface area contributed by atoms with E-state index in [1.165, 1.54) is 51.6 Å². The van der Waals surface area contributed by atoms with E-state index in [2.05, 4.69) is 123 Å². The standard InChI is InChI=1S/C14H10.C10H8.C5H12.6C2H6/c1-3-7-13-11(5-1)9-10-12-6-2-4-8-14(12)13;1-2-6-10-8-4-3-7-9(10)5-1;1-3-5-4-2;6*1-2/h1-10H;1-8H;3-5H2,1-2H3;6*1-2H3. The Hall–Kier alpha value is -3.12. The molecule has 0 N–H and O–H groups in total. The third-order valence-electron chi connectivity index (χ3n) is 5.02. The van der Waals surface area contributed by atoms with Crippen LogP contribution >= 0.6 is 0 Å². The second kappa shape index (κ2) is 36.9. The maximum atomic E-state index is 2.21. The van der Waals surface area contributed by atoms with Crippen molar-refractivity contribution in [1.29, 1.82) is 0 Å². The summed E-state index contributed by atoms with van der Waals surface area (Å²) in [5.74, 6) is 0. The van der Waals surface area contributed by atoms with Gasteiger partial charge in [0.1, 0.15) is 0 Å². The lowest BCUT2D eigenvalue weighted by Gasteiger charge is -2.02. The van der Waals surface area contributed by atoms with Gasteiger partial charge in [0.15, 0.2) is 0 Å². The third kappa shape index (κ3) is 19.6. The molecule has 0 unspecified atom stereocenters. The van der Waals surface area contributed by atoms with Crippen LogP contribution in [0, 0.1) is 0 Å². The van der Waals surface area contributed by atoms with Crippen LogP contribution in [0.5, 0.6) is 0 Å². The van der Waals surface area contributed by atoms with Crippen LogP contribution < -0.4 is 0 Å². The molecule has 5 aromatic carbocycles. The second-order valence-corrected chi connectivity index (χ2v) is 7.21. The van der Waals surface area contributed by atoms with Crippen LogP contribution in [0.15, 0.2) is 109 Å². The molecule has 230 valence electrons. The highest BCUT2D eigenvalue weighted by Crippen LogP contribution is 2.24. The van der Waals surface area contributed by atoms with E-state index in [1.54, 1.807) is 0 Å². The van der Waals surface area contributed by atoms with Gasteiger partial charge in [-0.2, -0.15) is 0 Å². The van der Waals surface area contributed by atoms with Gasteiger partial charge in [-0.15, -0.1) is 0 Å². The normalized spacial score (nSPS) is 8.05. The molecular weight excluding hydrogens is 492 g/mol. The maximum Gasteiger partial charge on any atom is -0.0105 e. The molecule has 0 aliphatic carbocycles. The summed E-state index contributed by atoms with van der Waals surface area (Å²) in [5.41, 5.74) is 0. The molecule has 0 radical (unpaired) electrons. The second-order valence-electron chi connectivity index (χ2n) is 7.21. The van der Waals surface area contributed by atoms with Gasteiger partial charge in [0.2, 0.25) is 0 Å². The van der Waals surface area contributed by atoms with Crippen molar-refractivity contribution < 1.29 is 0 Å². The summed E-state index contributed by atoms with van der Waals surface area (Å²) in [6.45, 7) is 28.4. The quantitative estimate of drug-likeness (QED) is 0.189. The Bertz CT molecular complexity index is 1030. The van der Waals surface area contributed by atoms with Crippen molar-refractivity contribution in [1.82, 2.24) is 0 Å². The predicted molar refractivity (Wildman–Crippen MR) is 199 cm³/mol. The smallest absolute Gasteiger partial charge is 0.0105 e. The molecule has 5 rings (SSSR count). The minimum absolute atomic E-state index is 1.31. The van der Waals surface area contributed by atoms with Crippen LogP contribution in [0.25, 0.3) is 32.3 Å². The number of unbranched alkanes of at least 4 members (excludes halogenated alkanes) is 2. The fourth-order valence-corrected chi connectivity index (χ4v) is 3.44. The highest BCUT2D eigenvalue weighted by molar-refractivity contribution is 6.07. The van der Waals surface area contributed by atoms with E-state index in [0.29, 0.717) is 0 Å². The maximum absolute atomic E-state index is 2.21. The van der Waals surface area contributed by atoms with Gasteiger partial charge in [0.25, 0.3) is 0 Å². The lowest BCUT2D eigenvalue weighted by Crippen LogP contribution is -1.75. The first-order chi connectivity index (χ1) is 20.3. The van der Waals surface area contributed by atoms with Gasteiger partial charge in [-0.1, -0.05) is 225 Å². The lowest BCUT2D eigenvalue weighted by molar-refractivity contribution is 0.772. The minimum atomic E-state index is 1.31. The number of fused-ring (bicyclic) bond motifs is 4. The van der Waals surface area contributed by atoms with Gasteiger partial charge in [-0.05, 0) is 32.3 Å². The van der Waals surface area contributed by atoms with Crippen LogP contribution in [0.3, 0.4) is 0 Å². The summed E-state index contributed by atoms with van der Waals surface area (Å²) in [4.78, 5) is 0. The molecule has 0 heterocycles. The van der Waals surface area contributed by atoms with Gasteiger partial charge in [-0.3, -0.25) is 0 Å². The summed E-state index contributed by atoms with van der Waals surface area (Å²) in [5, 5.41) is 7.92. The molecule has 0 amide bonds. The van der Waals surface area contributed by atoms with Gasteiger partial charge in [0, 0.05) is 0 Å². The van der Waals surface area contributed by atoms with Crippen LogP contribution in [-0.4, -0.2) is 0 Å². The highest BCUT2D eigenvalue weighted by atomic mass is 14.0. The molecule has 0 aliphatic rings. The first-order valence-corrected chi connectivity index (χ1v) is 16.6. The van der Waals surface area contributed by atoms with Crippen molar-refractivity contribution in [3.05, 3.63) is 109 Å². The molecular formula is C41H66. The Labute approximate surface area is 257 Å². The largest absolute Gasteiger partial charge is 0.0683 e. The summed E-state index contributed by atoms with van der Waals surface area (Å²) in [7, 11) is 0. The van der Waals surface area contributed by atoms with Crippen molar-refractivity contribution in [2.24, 2.45) is 0 Å². The van der Waals surface area contributed by atoms with Crippen molar-refractivity contribution in [2.75, 3.05) is 0 Å². The molecule has 0 aliphatic heterocycles. The van der Waals surface area contributed by atoms with E-state index in [1.807, 2.05) is 83.1 Å². The van der Waals surface area contributed by atoms with E-state index < -0.39 is 0 Å². The monoisotopic (exact) mass is 559 g/mol. The lowest BCUT2D eigenvalue weighted by atomic mass is 10.0. The Morgan fingerprint density at radius 3 is 0.732 bits per heavy atom. The van der Waals surface area contributed by atoms with E-state index in [4.69, 9.17) is 0 Å². The van der Waals surface area contributed by atoms with Gasteiger partial charge in [0.05, 0.1) is 0 Å². The highest BCUT2D eigenvalue weighted by Gasteiger charge is 1.97. The predicted octanol–water partition coefficient (Wildman–Crippen LogP) is 15.2. The van der Waals surface area contributed by atoms with Crippen molar-refractivity contribution >= 4 is 32.3 Å². The Morgan fingerprint density at radius 1 is 0.293 bits per heavy atom. The van der Waals surface area contributed by atoms with E-state index in [-0.39, 0.29) is 0 Å².